The van der Waals surface area contributed by atoms with Crippen molar-refractivity contribution in [1.82, 2.24) is 5.32 Å². The SMILES string of the molecule is COC(CNC(=O)/C=C/c1ccc(C(C)C)cc1)OC. The van der Waals surface area contributed by atoms with E-state index in [2.05, 4.69) is 31.3 Å². The van der Waals surface area contributed by atoms with E-state index in [1.165, 1.54) is 25.9 Å². The van der Waals surface area contributed by atoms with Gasteiger partial charge in [-0.05, 0) is 23.1 Å². The second-order valence-electron chi connectivity index (χ2n) is 4.80. The molecule has 0 heterocycles. The first-order chi connectivity index (χ1) is 9.56. The highest BCUT2D eigenvalue weighted by molar-refractivity contribution is 5.91. The van der Waals surface area contributed by atoms with Crippen molar-refractivity contribution in [2.45, 2.75) is 26.1 Å². The van der Waals surface area contributed by atoms with Gasteiger partial charge in [-0.15, -0.1) is 0 Å². The van der Waals surface area contributed by atoms with Gasteiger partial charge in [-0.2, -0.15) is 0 Å². The third-order valence-electron chi connectivity index (χ3n) is 3.00. The monoisotopic (exact) mass is 277 g/mol. The first kappa shape index (κ1) is 16.4. The highest BCUT2D eigenvalue weighted by Crippen LogP contribution is 2.15. The second-order valence-corrected chi connectivity index (χ2v) is 4.80. The fourth-order valence-electron chi connectivity index (χ4n) is 1.67. The number of nitrogens with one attached hydrogen (secondary N) is 1. The van der Waals surface area contributed by atoms with Crippen LogP contribution in [-0.2, 0) is 14.3 Å². The Morgan fingerprint density at radius 2 is 1.80 bits per heavy atom. The Bertz CT molecular complexity index is 434. The summed E-state index contributed by atoms with van der Waals surface area (Å²) in [7, 11) is 3.07. The van der Waals surface area contributed by atoms with Crippen LogP contribution in [0, 0.1) is 0 Å². The number of carbonyl (C=O) groups is 1. The molecular formula is C16H23NO3. The number of hydrogen-bond acceptors (Lipinski definition) is 3. The van der Waals surface area contributed by atoms with Gasteiger partial charge >= 0.3 is 0 Å². The lowest BCUT2D eigenvalue weighted by atomic mass is 10.0. The first-order valence-corrected chi connectivity index (χ1v) is 6.68. The predicted octanol–water partition coefficient (Wildman–Crippen LogP) is 2.56. The minimum Gasteiger partial charge on any atom is -0.354 e. The average molecular weight is 277 g/mol. The van der Waals surface area contributed by atoms with Gasteiger partial charge < -0.3 is 14.8 Å². The van der Waals surface area contributed by atoms with Crippen LogP contribution < -0.4 is 5.32 Å². The molecule has 0 aliphatic heterocycles. The maximum absolute atomic E-state index is 11.6. The molecule has 1 aromatic carbocycles. The summed E-state index contributed by atoms with van der Waals surface area (Å²) in [5.74, 6) is 0.341. The molecule has 0 saturated carbocycles. The molecule has 0 aliphatic rings. The zero-order valence-corrected chi connectivity index (χ0v) is 12.6. The molecule has 4 heteroatoms. The van der Waals surface area contributed by atoms with Gasteiger partial charge in [0.2, 0.25) is 5.91 Å². The van der Waals surface area contributed by atoms with Crippen LogP contribution in [-0.4, -0.2) is 33.0 Å². The fourth-order valence-corrected chi connectivity index (χ4v) is 1.67. The summed E-state index contributed by atoms with van der Waals surface area (Å²) >= 11 is 0. The molecule has 1 rings (SSSR count). The van der Waals surface area contributed by atoms with Crippen LogP contribution in [0.5, 0.6) is 0 Å². The number of carbonyl (C=O) groups excluding carboxylic acids is 1. The highest BCUT2D eigenvalue weighted by atomic mass is 16.7. The van der Waals surface area contributed by atoms with Gasteiger partial charge in [0, 0.05) is 20.3 Å². The number of amides is 1. The van der Waals surface area contributed by atoms with Crippen LogP contribution in [0.3, 0.4) is 0 Å². The van der Waals surface area contributed by atoms with Crippen molar-refractivity contribution < 1.29 is 14.3 Å². The molecule has 1 N–H and O–H groups in total. The standard InChI is InChI=1S/C16H23NO3/c1-12(2)14-8-5-13(6-9-14)7-10-15(18)17-11-16(19-3)20-4/h5-10,12,16H,11H2,1-4H3,(H,17,18)/b10-7+. The Morgan fingerprint density at radius 1 is 1.20 bits per heavy atom. The minimum absolute atomic E-state index is 0.169. The van der Waals surface area contributed by atoms with Gasteiger partial charge in [-0.1, -0.05) is 38.1 Å². The number of hydrogen-bond donors (Lipinski definition) is 1. The van der Waals surface area contributed by atoms with Crippen molar-refractivity contribution in [1.29, 1.82) is 0 Å². The molecule has 1 aromatic rings. The maximum Gasteiger partial charge on any atom is 0.244 e. The molecule has 0 spiro atoms. The minimum atomic E-state index is -0.419. The zero-order valence-electron chi connectivity index (χ0n) is 12.6. The van der Waals surface area contributed by atoms with Crippen LogP contribution in [0.15, 0.2) is 30.3 Å². The van der Waals surface area contributed by atoms with E-state index in [4.69, 9.17) is 9.47 Å². The van der Waals surface area contributed by atoms with Crippen LogP contribution in [0.4, 0.5) is 0 Å². The van der Waals surface area contributed by atoms with Crippen molar-refractivity contribution in [3.63, 3.8) is 0 Å². The van der Waals surface area contributed by atoms with Crippen molar-refractivity contribution >= 4 is 12.0 Å². The number of ether oxygens (including phenoxy) is 2. The molecule has 0 unspecified atom stereocenters. The Hall–Kier alpha value is -1.65. The van der Waals surface area contributed by atoms with Gasteiger partial charge in [0.1, 0.15) is 0 Å². The lowest BCUT2D eigenvalue weighted by Gasteiger charge is -2.12. The van der Waals surface area contributed by atoms with E-state index in [-0.39, 0.29) is 5.91 Å². The van der Waals surface area contributed by atoms with Gasteiger partial charge in [0.15, 0.2) is 6.29 Å². The summed E-state index contributed by atoms with van der Waals surface area (Å²) in [6.45, 7) is 4.63. The van der Waals surface area contributed by atoms with E-state index in [1.54, 1.807) is 6.08 Å². The fraction of sp³-hybridized carbons (Fsp3) is 0.438. The summed E-state index contributed by atoms with van der Waals surface area (Å²) in [5.41, 5.74) is 2.29. The van der Waals surface area contributed by atoms with E-state index in [9.17, 15) is 4.79 Å². The third kappa shape index (κ3) is 5.55. The van der Waals surface area contributed by atoms with Crippen molar-refractivity contribution in [3.05, 3.63) is 41.5 Å². The van der Waals surface area contributed by atoms with Gasteiger partial charge in [-0.25, -0.2) is 0 Å². The van der Waals surface area contributed by atoms with Gasteiger partial charge in [0.05, 0.1) is 6.54 Å². The van der Waals surface area contributed by atoms with E-state index >= 15 is 0 Å². The average Bonchev–Trinajstić information content (AvgIpc) is 2.46. The van der Waals surface area contributed by atoms with Crippen LogP contribution in [0.2, 0.25) is 0 Å². The molecule has 0 bridgehead atoms. The highest BCUT2D eigenvalue weighted by Gasteiger charge is 2.05. The maximum atomic E-state index is 11.6. The van der Waals surface area contributed by atoms with Crippen molar-refractivity contribution in [2.75, 3.05) is 20.8 Å². The molecule has 0 aliphatic carbocycles. The molecule has 1 amide bonds. The summed E-state index contributed by atoms with van der Waals surface area (Å²) in [6, 6.07) is 8.17. The van der Waals surface area contributed by atoms with Gasteiger partial charge in [0.25, 0.3) is 0 Å². The number of methoxy groups -OCH3 is 2. The molecular weight excluding hydrogens is 254 g/mol. The summed E-state index contributed by atoms with van der Waals surface area (Å²) in [6.07, 6.45) is 2.87. The third-order valence-corrected chi connectivity index (χ3v) is 3.00. The number of benzene rings is 1. The van der Waals surface area contributed by atoms with Gasteiger partial charge in [-0.3, -0.25) is 4.79 Å². The van der Waals surface area contributed by atoms with Crippen molar-refractivity contribution in [2.24, 2.45) is 0 Å². The summed E-state index contributed by atoms with van der Waals surface area (Å²) < 4.78 is 9.97. The molecule has 0 radical (unpaired) electrons. The molecule has 0 atom stereocenters. The Balaban J connectivity index is 2.48. The normalized spacial score (nSPS) is 11.5. The second kappa shape index (κ2) is 8.51. The topological polar surface area (TPSA) is 47.6 Å². The largest absolute Gasteiger partial charge is 0.354 e. The van der Waals surface area contributed by atoms with Crippen LogP contribution in [0.1, 0.15) is 30.9 Å². The van der Waals surface area contributed by atoms with E-state index in [1.807, 2.05) is 12.1 Å². The molecule has 110 valence electrons. The van der Waals surface area contributed by atoms with Crippen molar-refractivity contribution in [3.8, 4) is 0 Å². The van der Waals surface area contributed by atoms with E-state index in [0.29, 0.717) is 12.5 Å². The summed E-state index contributed by atoms with van der Waals surface area (Å²) in [5, 5.41) is 2.71. The first-order valence-electron chi connectivity index (χ1n) is 6.68. The Kier molecular flexibility index (Phi) is 6.98. The smallest absolute Gasteiger partial charge is 0.244 e. The van der Waals surface area contributed by atoms with E-state index < -0.39 is 6.29 Å². The summed E-state index contributed by atoms with van der Waals surface area (Å²) in [4.78, 5) is 11.6. The Labute approximate surface area is 120 Å². The molecule has 4 nitrogen and oxygen atoms in total. The molecule has 20 heavy (non-hydrogen) atoms. The molecule has 0 saturated heterocycles. The van der Waals surface area contributed by atoms with E-state index in [0.717, 1.165) is 5.56 Å². The van der Waals surface area contributed by atoms with Crippen LogP contribution in [0.25, 0.3) is 6.08 Å². The lowest BCUT2D eigenvalue weighted by Crippen LogP contribution is -2.33. The molecule has 0 fully saturated rings. The Morgan fingerprint density at radius 3 is 2.30 bits per heavy atom. The zero-order chi connectivity index (χ0) is 15.0. The predicted molar refractivity (Wildman–Crippen MR) is 80.4 cm³/mol. The lowest BCUT2D eigenvalue weighted by molar-refractivity contribution is -0.123. The molecule has 0 aromatic heterocycles. The quantitative estimate of drug-likeness (QED) is 0.615. The number of rotatable bonds is 7. The van der Waals surface area contributed by atoms with Crippen LogP contribution >= 0.6 is 0 Å².